The van der Waals surface area contributed by atoms with Crippen LogP contribution in [0.4, 0.5) is 18.3 Å². The van der Waals surface area contributed by atoms with E-state index in [9.17, 15) is 18.0 Å². The number of halogens is 3. The van der Waals surface area contributed by atoms with Crippen molar-refractivity contribution >= 4 is 22.4 Å². The normalized spacial score (nSPS) is 11.2. The molecule has 0 atom stereocenters. The van der Waals surface area contributed by atoms with Crippen molar-refractivity contribution in [3.63, 3.8) is 0 Å². The van der Waals surface area contributed by atoms with Gasteiger partial charge in [-0.25, -0.2) is 9.78 Å². The molecule has 5 nitrogen and oxygen atoms in total. The van der Waals surface area contributed by atoms with Crippen molar-refractivity contribution in [1.29, 1.82) is 0 Å². The van der Waals surface area contributed by atoms with Crippen molar-refractivity contribution in [3.8, 4) is 16.2 Å². The highest BCUT2D eigenvalue weighted by molar-refractivity contribution is 7.19. The van der Waals surface area contributed by atoms with E-state index in [-0.39, 0.29) is 33.6 Å². The summed E-state index contributed by atoms with van der Waals surface area (Å²) in [6.07, 6.45) is -3.10. The number of rotatable bonds is 5. The van der Waals surface area contributed by atoms with Crippen LogP contribution in [0.3, 0.4) is 0 Å². The third-order valence-corrected chi connectivity index (χ3v) is 3.85. The van der Waals surface area contributed by atoms with Crippen LogP contribution in [0.15, 0.2) is 30.9 Å². The van der Waals surface area contributed by atoms with Gasteiger partial charge < -0.3 is 15.2 Å². The molecule has 0 radical (unpaired) electrons. The Morgan fingerprint density at radius 2 is 2.17 bits per heavy atom. The lowest BCUT2D eigenvalue weighted by Gasteiger charge is -2.13. The van der Waals surface area contributed by atoms with Gasteiger partial charge in [0.1, 0.15) is 12.4 Å². The molecule has 128 valence electrons. The van der Waals surface area contributed by atoms with E-state index < -0.39 is 17.7 Å². The molecule has 1 aromatic heterocycles. The molecule has 0 unspecified atom stereocenters. The number of ether oxygens (including phenoxy) is 2. The van der Waals surface area contributed by atoms with Crippen molar-refractivity contribution in [2.75, 3.05) is 19.5 Å². The Labute approximate surface area is 139 Å². The second-order valence-corrected chi connectivity index (χ2v) is 5.56. The molecule has 0 bridgehead atoms. The van der Waals surface area contributed by atoms with Crippen LogP contribution in [0.1, 0.15) is 16.1 Å². The van der Waals surface area contributed by atoms with E-state index in [1.54, 1.807) is 0 Å². The van der Waals surface area contributed by atoms with E-state index in [0.717, 1.165) is 30.6 Å². The van der Waals surface area contributed by atoms with E-state index in [4.69, 9.17) is 10.5 Å². The molecule has 0 fully saturated rings. The highest BCUT2D eigenvalue weighted by Gasteiger charge is 2.32. The highest BCUT2D eigenvalue weighted by atomic mass is 32.1. The number of methoxy groups -OCH3 is 1. The zero-order valence-corrected chi connectivity index (χ0v) is 13.3. The van der Waals surface area contributed by atoms with Gasteiger partial charge in [-0.2, -0.15) is 13.2 Å². The number of aromatic nitrogens is 1. The monoisotopic (exact) mass is 358 g/mol. The summed E-state index contributed by atoms with van der Waals surface area (Å²) >= 11 is 0.871. The Hall–Kier alpha value is -2.55. The van der Waals surface area contributed by atoms with E-state index in [1.807, 2.05) is 0 Å². The number of nitrogens with two attached hydrogens (primary N) is 1. The first kappa shape index (κ1) is 17.8. The van der Waals surface area contributed by atoms with Gasteiger partial charge in [-0.1, -0.05) is 24.0 Å². The molecule has 0 saturated carbocycles. The molecule has 2 N–H and O–H groups in total. The summed E-state index contributed by atoms with van der Waals surface area (Å²) in [4.78, 5) is 15.8. The lowest BCUT2D eigenvalue weighted by Crippen LogP contribution is -2.07. The van der Waals surface area contributed by atoms with Gasteiger partial charge in [0, 0.05) is 5.56 Å². The number of alkyl halides is 3. The first-order valence-corrected chi connectivity index (χ1v) is 7.39. The zero-order chi connectivity index (χ0) is 17.9. The lowest BCUT2D eigenvalue weighted by molar-refractivity contribution is -0.137. The minimum absolute atomic E-state index is 0.0254. The molecule has 0 saturated heterocycles. The maximum atomic E-state index is 13.0. The number of benzene rings is 1. The van der Waals surface area contributed by atoms with Crippen molar-refractivity contribution in [1.82, 2.24) is 4.98 Å². The lowest BCUT2D eigenvalue weighted by atomic mass is 10.1. The van der Waals surface area contributed by atoms with Gasteiger partial charge in [-0.05, 0) is 18.2 Å². The average molecular weight is 358 g/mol. The first-order valence-electron chi connectivity index (χ1n) is 6.57. The second-order valence-electron chi connectivity index (χ2n) is 4.53. The molecule has 2 aromatic rings. The molecule has 0 aliphatic carbocycles. The molecule has 9 heteroatoms. The van der Waals surface area contributed by atoms with E-state index >= 15 is 0 Å². The van der Waals surface area contributed by atoms with Gasteiger partial charge >= 0.3 is 12.1 Å². The molecule has 0 aliphatic rings. The van der Waals surface area contributed by atoms with E-state index in [1.165, 1.54) is 12.1 Å². The molecular weight excluding hydrogens is 345 g/mol. The fourth-order valence-electron chi connectivity index (χ4n) is 1.91. The third-order valence-electron chi connectivity index (χ3n) is 2.93. The summed E-state index contributed by atoms with van der Waals surface area (Å²) in [5.41, 5.74) is 4.61. The van der Waals surface area contributed by atoms with Crippen LogP contribution in [0, 0.1) is 0 Å². The maximum absolute atomic E-state index is 13.0. The number of nitrogens with zero attached hydrogens (tertiary/aromatic N) is 1. The molecule has 0 spiro atoms. The molecular formula is C15H13F3N2O3S. The molecule has 24 heavy (non-hydrogen) atoms. The van der Waals surface area contributed by atoms with Gasteiger partial charge in [0.2, 0.25) is 0 Å². The fraction of sp³-hybridized carbons (Fsp3) is 0.200. The van der Waals surface area contributed by atoms with Crippen molar-refractivity contribution in [2.24, 2.45) is 0 Å². The topological polar surface area (TPSA) is 74.4 Å². The van der Waals surface area contributed by atoms with Gasteiger partial charge in [-0.15, -0.1) is 0 Å². The van der Waals surface area contributed by atoms with Crippen LogP contribution < -0.4 is 10.5 Å². The third kappa shape index (κ3) is 3.67. The average Bonchev–Trinajstić information content (AvgIpc) is 2.92. The number of thiazole rings is 1. The van der Waals surface area contributed by atoms with Gasteiger partial charge in [0.05, 0.1) is 17.6 Å². The quantitative estimate of drug-likeness (QED) is 0.651. The largest absolute Gasteiger partial charge is 0.489 e. The van der Waals surface area contributed by atoms with Crippen LogP contribution in [0.2, 0.25) is 0 Å². The summed E-state index contributed by atoms with van der Waals surface area (Å²) < 4.78 is 49.0. The Morgan fingerprint density at radius 1 is 1.46 bits per heavy atom. The zero-order valence-electron chi connectivity index (χ0n) is 12.5. The first-order chi connectivity index (χ1) is 11.3. The standard InChI is InChI=1S/C15H13F3N2O3S/c1-3-6-23-10-5-4-8(15(16,17)18)7-9(10)12-11(13(21)22-2)20-14(19)24-12/h3-5,7H,1,6H2,2H3,(H2,19,20). The van der Waals surface area contributed by atoms with Gasteiger partial charge in [0.25, 0.3) is 0 Å². The number of hydrogen-bond donors (Lipinski definition) is 1. The number of anilines is 1. The van der Waals surface area contributed by atoms with Crippen molar-refractivity contribution in [3.05, 3.63) is 42.1 Å². The Kier molecular flexibility index (Phi) is 5.13. The van der Waals surface area contributed by atoms with E-state index in [0.29, 0.717) is 0 Å². The number of nitrogen functional groups attached to an aromatic ring is 1. The smallest absolute Gasteiger partial charge is 0.416 e. The summed E-state index contributed by atoms with van der Waals surface area (Å²) in [6, 6.07) is 2.96. The van der Waals surface area contributed by atoms with Crippen LogP contribution in [0.25, 0.3) is 10.4 Å². The highest BCUT2D eigenvalue weighted by Crippen LogP contribution is 2.41. The Morgan fingerprint density at radius 3 is 2.75 bits per heavy atom. The number of esters is 1. The van der Waals surface area contributed by atoms with Crippen molar-refractivity contribution < 1.29 is 27.4 Å². The second kappa shape index (κ2) is 6.91. The van der Waals surface area contributed by atoms with Crippen molar-refractivity contribution in [2.45, 2.75) is 6.18 Å². The molecule has 1 aromatic carbocycles. The number of carbonyl (C=O) groups excluding carboxylic acids is 1. The molecule has 1 heterocycles. The van der Waals surface area contributed by atoms with Gasteiger partial charge in [-0.3, -0.25) is 0 Å². The van der Waals surface area contributed by atoms with Crippen LogP contribution in [-0.4, -0.2) is 24.7 Å². The van der Waals surface area contributed by atoms with Crippen LogP contribution in [0.5, 0.6) is 5.75 Å². The van der Waals surface area contributed by atoms with Crippen LogP contribution in [-0.2, 0) is 10.9 Å². The summed E-state index contributed by atoms with van der Waals surface area (Å²) in [5, 5.41) is 0.0254. The fourth-order valence-corrected chi connectivity index (χ4v) is 2.75. The molecule has 0 aliphatic heterocycles. The van der Waals surface area contributed by atoms with Gasteiger partial charge in [0.15, 0.2) is 10.8 Å². The Balaban J connectivity index is 2.66. The number of carbonyl (C=O) groups is 1. The maximum Gasteiger partial charge on any atom is 0.416 e. The summed E-state index contributed by atoms with van der Waals surface area (Å²) in [7, 11) is 1.14. The minimum atomic E-state index is -4.55. The Bertz CT molecular complexity index is 772. The molecule has 2 rings (SSSR count). The van der Waals surface area contributed by atoms with E-state index in [2.05, 4.69) is 16.3 Å². The van der Waals surface area contributed by atoms with Crippen LogP contribution >= 0.6 is 11.3 Å². The predicted molar refractivity (Wildman–Crippen MR) is 84.0 cm³/mol. The predicted octanol–water partition coefficient (Wildman–Crippen LogP) is 3.76. The summed E-state index contributed by atoms with van der Waals surface area (Å²) in [5.74, 6) is -0.651. The summed E-state index contributed by atoms with van der Waals surface area (Å²) in [6.45, 7) is 3.57. The SMILES string of the molecule is C=CCOc1ccc(C(F)(F)F)cc1-c1sc(N)nc1C(=O)OC. The molecule has 0 amide bonds. The number of hydrogen-bond acceptors (Lipinski definition) is 6. The minimum Gasteiger partial charge on any atom is -0.489 e.